The van der Waals surface area contributed by atoms with Crippen LogP contribution in [-0.2, 0) is 9.53 Å². The van der Waals surface area contributed by atoms with E-state index in [2.05, 4.69) is 0 Å². The number of aryl methyl sites for hydroxylation is 1. The van der Waals surface area contributed by atoms with Gasteiger partial charge in [-0.05, 0) is 31.6 Å². The summed E-state index contributed by atoms with van der Waals surface area (Å²) in [5.74, 6) is 0.415. The third kappa shape index (κ3) is 3.34. The summed E-state index contributed by atoms with van der Waals surface area (Å²) in [5.41, 5.74) is 1.74. The van der Waals surface area contributed by atoms with Crippen LogP contribution < -0.4 is 10.5 Å². The van der Waals surface area contributed by atoms with Crippen LogP contribution in [0.5, 0.6) is 0 Å². The van der Waals surface area contributed by atoms with Crippen molar-refractivity contribution in [1.29, 1.82) is 0 Å². The van der Waals surface area contributed by atoms with Gasteiger partial charge in [0.15, 0.2) is 0 Å². The fraction of sp³-hybridized carbons (Fsp3) is 0.368. The van der Waals surface area contributed by atoms with Crippen LogP contribution in [0.2, 0.25) is 0 Å². The molecule has 2 aliphatic heterocycles. The standard InChI is InChI=1S/C19H20N4O3S2/c1-3-22-18(25)14(28-19(22)27)10-13-16(21-6-8-26-9-7-21)20-15-5-4-12(2)11-23(15)17(13)24/h4-5,10-11H,3,6-9H2,1-2H3/b14-10+. The zero-order valence-electron chi connectivity index (χ0n) is 15.7. The van der Waals surface area contributed by atoms with Gasteiger partial charge in [-0.2, -0.15) is 0 Å². The van der Waals surface area contributed by atoms with Gasteiger partial charge in [-0.1, -0.05) is 30.0 Å². The van der Waals surface area contributed by atoms with Crippen LogP contribution in [0.3, 0.4) is 0 Å². The van der Waals surface area contributed by atoms with Crippen LogP contribution in [0.1, 0.15) is 18.1 Å². The largest absolute Gasteiger partial charge is 0.378 e. The lowest BCUT2D eigenvalue weighted by Crippen LogP contribution is -2.38. The fourth-order valence-corrected chi connectivity index (χ4v) is 4.66. The molecule has 4 heterocycles. The minimum atomic E-state index is -0.197. The highest BCUT2D eigenvalue weighted by Crippen LogP contribution is 2.33. The van der Waals surface area contributed by atoms with Gasteiger partial charge in [0.1, 0.15) is 15.8 Å². The molecule has 2 saturated heterocycles. The highest BCUT2D eigenvalue weighted by Gasteiger charge is 2.32. The van der Waals surface area contributed by atoms with E-state index in [0.29, 0.717) is 59.1 Å². The molecule has 0 atom stereocenters. The Bertz CT molecular complexity index is 1060. The Morgan fingerprint density at radius 1 is 1.29 bits per heavy atom. The van der Waals surface area contributed by atoms with Crippen molar-refractivity contribution in [2.45, 2.75) is 13.8 Å². The number of morpholine rings is 1. The summed E-state index contributed by atoms with van der Waals surface area (Å²) in [6.45, 7) is 6.75. The molecular formula is C19H20N4O3S2. The summed E-state index contributed by atoms with van der Waals surface area (Å²) < 4.78 is 7.48. The molecule has 0 bridgehead atoms. The maximum Gasteiger partial charge on any atom is 0.267 e. The molecule has 2 aromatic rings. The summed E-state index contributed by atoms with van der Waals surface area (Å²) in [4.78, 5) is 34.8. The third-order valence-corrected chi connectivity index (χ3v) is 6.14. The van der Waals surface area contributed by atoms with Crippen LogP contribution in [-0.4, -0.2) is 57.4 Å². The molecule has 2 aliphatic rings. The van der Waals surface area contributed by atoms with E-state index in [-0.39, 0.29) is 11.5 Å². The number of fused-ring (bicyclic) bond motifs is 1. The van der Waals surface area contributed by atoms with Crippen molar-refractivity contribution in [3.63, 3.8) is 0 Å². The predicted octanol–water partition coefficient (Wildman–Crippen LogP) is 2.06. The van der Waals surface area contributed by atoms with Crippen molar-refractivity contribution < 1.29 is 9.53 Å². The Morgan fingerprint density at radius 2 is 2.04 bits per heavy atom. The predicted molar refractivity (Wildman–Crippen MR) is 115 cm³/mol. The molecule has 4 rings (SSSR count). The van der Waals surface area contributed by atoms with Crippen LogP contribution in [0, 0.1) is 6.92 Å². The van der Waals surface area contributed by atoms with Crippen molar-refractivity contribution in [1.82, 2.24) is 14.3 Å². The van der Waals surface area contributed by atoms with Crippen LogP contribution in [0.4, 0.5) is 5.82 Å². The number of amides is 1. The average molecular weight is 417 g/mol. The SMILES string of the molecule is CCN1C(=O)/C(=C\c2c(N3CCOCC3)nc3ccc(C)cn3c2=O)SC1=S. The number of aromatic nitrogens is 2. The van der Waals surface area contributed by atoms with E-state index in [4.69, 9.17) is 21.9 Å². The first kappa shape index (κ1) is 19.1. The van der Waals surface area contributed by atoms with Crippen LogP contribution >= 0.6 is 24.0 Å². The maximum atomic E-state index is 13.3. The van der Waals surface area contributed by atoms with Gasteiger partial charge < -0.3 is 9.64 Å². The molecule has 2 aromatic heterocycles. The van der Waals surface area contributed by atoms with E-state index in [9.17, 15) is 9.59 Å². The van der Waals surface area contributed by atoms with Crippen LogP contribution in [0.15, 0.2) is 28.0 Å². The van der Waals surface area contributed by atoms with Gasteiger partial charge in [-0.3, -0.25) is 18.9 Å². The second-order valence-electron chi connectivity index (χ2n) is 6.61. The van der Waals surface area contributed by atoms with Gasteiger partial charge in [0, 0.05) is 25.8 Å². The summed E-state index contributed by atoms with van der Waals surface area (Å²) in [6, 6.07) is 3.76. The monoisotopic (exact) mass is 416 g/mol. The van der Waals surface area contributed by atoms with Gasteiger partial charge in [0.2, 0.25) is 0 Å². The molecule has 146 valence electrons. The molecule has 1 amide bonds. The second-order valence-corrected chi connectivity index (χ2v) is 8.29. The Morgan fingerprint density at radius 3 is 2.71 bits per heavy atom. The van der Waals surface area contributed by atoms with E-state index in [1.165, 1.54) is 21.1 Å². The van der Waals surface area contributed by atoms with Crippen molar-refractivity contribution in [3.05, 3.63) is 44.7 Å². The zero-order chi connectivity index (χ0) is 19.8. The topological polar surface area (TPSA) is 67.2 Å². The molecule has 2 fully saturated rings. The minimum Gasteiger partial charge on any atom is -0.378 e. The molecule has 0 spiro atoms. The smallest absolute Gasteiger partial charge is 0.267 e. The Balaban J connectivity index is 1.91. The molecule has 0 saturated carbocycles. The molecule has 7 nitrogen and oxygen atoms in total. The quantitative estimate of drug-likeness (QED) is 0.560. The molecule has 0 unspecified atom stereocenters. The first-order chi connectivity index (χ1) is 13.5. The molecule has 0 N–H and O–H groups in total. The minimum absolute atomic E-state index is 0.167. The molecule has 0 aliphatic carbocycles. The molecule has 28 heavy (non-hydrogen) atoms. The number of pyridine rings is 1. The van der Waals surface area contributed by atoms with Gasteiger partial charge in [-0.15, -0.1) is 0 Å². The highest BCUT2D eigenvalue weighted by molar-refractivity contribution is 8.26. The number of nitrogens with zero attached hydrogens (tertiary/aromatic N) is 4. The third-order valence-electron chi connectivity index (χ3n) is 4.76. The van der Waals surface area contributed by atoms with Crippen molar-refractivity contribution >= 4 is 51.7 Å². The number of rotatable bonds is 3. The summed E-state index contributed by atoms with van der Waals surface area (Å²) in [7, 11) is 0. The first-order valence-electron chi connectivity index (χ1n) is 9.10. The van der Waals surface area contributed by atoms with Gasteiger partial charge in [0.05, 0.1) is 23.7 Å². The van der Waals surface area contributed by atoms with Crippen molar-refractivity contribution in [2.24, 2.45) is 0 Å². The summed E-state index contributed by atoms with van der Waals surface area (Å²) in [6.07, 6.45) is 3.41. The molecule has 9 heteroatoms. The molecule has 0 aromatic carbocycles. The molecule has 0 radical (unpaired) electrons. The number of carbonyl (C=O) groups is 1. The lowest BCUT2D eigenvalue weighted by Gasteiger charge is -2.29. The van der Waals surface area contributed by atoms with E-state index in [0.717, 1.165) is 5.56 Å². The maximum absolute atomic E-state index is 13.3. The average Bonchev–Trinajstić information content (AvgIpc) is 2.97. The summed E-state index contributed by atoms with van der Waals surface area (Å²) in [5, 5.41) is 0. The van der Waals surface area contributed by atoms with Gasteiger partial charge in [-0.25, -0.2) is 4.98 Å². The van der Waals surface area contributed by atoms with Crippen molar-refractivity contribution in [2.75, 3.05) is 37.7 Å². The van der Waals surface area contributed by atoms with E-state index >= 15 is 0 Å². The number of thiocarbonyl (C=S) groups is 1. The fourth-order valence-electron chi connectivity index (χ4n) is 3.29. The lowest BCUT2D eigenvalue weighted by atomic mass is 10.2. The van der Waals surface area contributed by atoms with E-state index < -0.39 is 0 Å². The number of likely N-dealkylation sites (N-methyl/N-ethyl adjacent to an activating group) is 1. The zero-order valence-corrected chi connectivity index (χ0v) is 17.3. The highest BCUT2D eigenvalue weighted by atomic mass is 32.2. The van der Waals surface area contributed by atoms with Crippen LogP contribution in [0.25, 0.3) is 11.7 Å². The molecular weight excluding hydrogens is 396 g/mol. The normalized spacial score (nSPS) is 19.3. The number of hydrogen-bond donors (Lipinski definition) is 0. The lowest BCUT2D eigenvalue weighted by molar-refractivity contribution is -0.121. The summed E-state index contributed by atoms with van der Waals surface area (Å²) >= 11 is 6.52. The second kappa shape index (κ2) is 7.65. The Kier molecular flexibility index (Phi) is 5.22. The van der Waals surface area contributed by atoms with Gasteiger partial charge in [0.25, 0.3) is 11.5 Å². The van der Waals surface area contributed by atoms with Crippen molar-refractivity contribution in [3.8, 4) is 0 Å². The number of carbonyl (C=O) groups excluding carboxylic acids is 1. The Hall–Kier alpha value is -2.23. The number of ether oxygens (including phenoxy) is 1. The number of anilines is 1. The van der Waals surface area contributed by atoms with E-state index in [1.54, 1.807) is 12.3 Å². The Labute approximate surface area is 172 Å². The number of hydrogen-bond acceptors (Lipinski definition) is 7. The van der Waals surface area contributed by atoms with Gasteiger partial charge >= 0.3 is 0 Å². The first-order valence-corrected chi connectivity index (χ1v) is 10.3. The number of thioether (sulfide) groups is 1. The van der Waals surface area contributed by atoms with E-state index in [1.807, 2.05) is 30.9 Å².